The van der Waals surface area contributed by atoms with Crippen LogP contribution in [0.15, 0.2) is 33.5 Å². The Balaban J connectivity index is 2.24. The van der Waals surface area contributed by atoms with Crippen LogP contribution in [0.1, 0.15) is 55.7 Å². The minimum Gasteiger partial charge on any atom is -0.507 e. The van der Waals surface area contributed by atoms with Crippen LogP contribution < -0.4 is 15.1 Å². The molecule has 2 aromatic carbocycles. The normalized spacial score (nSPS) is 12.4. The topological polar surface area (TPSA) is 64.1 Å². The van der Waals surface area contributed by atoms with E-state index in [9.17, 15) is 23.1 Å². The van der Waals surface area contributed by atoms with E-state index in [-0.39, 0.29) is 34.6 Å². The maximum Gasteiger partial charge on any atom is 0.453 e. The van der Waals surface area contributed by atoms with Crippen LogP contribution in [0.5, 0.6) is 17.2 Å². The average Bonchev–Trinajstić information content (AvgIpc) is 2.73. The Morgan fingerprint density at radius 2 is 1.64 bits per heavy atom. The summed E-state index contributed by atoms with van der Waals surface area (Å²) in [7, 11) is 0. The molecule has 0 unspecified atom stereocenters. The number of halogens is 3. The number of ether oxygens (including phenoxy) is 1. The van der Waals surface area contributed by atoms with Crippen molar-refractivity contribution in [1.29, 1.82) is 0 Å². The number of fused-ring (bicyclic) bond motifs is 1. The monoisotopic (exact) mass is 506 g/mol. The molecule has 196 valence electrons. The third-order valence-electron chi connectivity index (χ3n) is 6.15. The number of benzene rings is 2. The summed E-state index contributed by atoms with van der Waals surface area (Å²) in [4.78, 5) is 14.5. The molecule has 0 fully saturated rings. The van der Waals surface area contributed by atoms with E-state index >= 15 is 0 Å². The first-order chi connectivity index (χ1) is 16.7. The molecule has 2 N–H and O–H groups in total. The predicted molar refractivity (Wildman–Crippen MR) is 134 cm³/mol. The standard InChI is InChI=1S/C28H34F3NO4/c1-15(2)12-32(13-16(3)4)14-21-22(33)9-8-20-24(34)26(27(28(29,30)31)36-25(20)21)35-23-11-17(5)10-18(6)19(23)7/h8-11,15-16,33H,12-14H2,1-7H3/p+1. The highest BCUT2D eigenvalue weighted by Gasteiger charge is 2.41. The summed E-state index contributed by atoms with van der Waals surface area (Å²) < 4.78 is 53.6. The van der Waals surface area contributed by atoms with Gasteiger partial charge in [0.1, 0.15) is 18.0 Å². The summed E-state index contributed by atoms with van der Waals surface area (Å²) in [5.41, 5.74) is 1.23. The number of quaternary nitrogens is 1. The van der Waals surface area contributed by atoms with Crippen LogP contribution in [0.2, 0.25) is 0 Å². The van der Waals surface area contributed by atoms with E-state index in [0.717, 1.165) is 29.1 Å². The Bertz CT molecular complexity index is 1300. The van der Waals surface area contributed by atoms with E-state index < -0.39 is 23.1 Å². The SMILES string of the molecule is Cc1cc(C)c(C)c(Oc2c(C(F)(F)F)oc3c(C[NH+](CC(C)C)CC(C)C)c(O)ccc3c2=O)c1. The maximum absolute atomic E-state index is 14.2. The highest BCUT2D eigenvalue weighted by Crippen LogP contribution is 2.40. The molecule has 5 nitrogen and oxygen atoms in total. The fourth-order valence-electron chi connectivity index (χ4n) is 4.59. The minimum atomic E-state index is -4.99. The van der Waals surface area contributed by atoms with E-state index in [1.54, 1.807) is 19.9 Å². The molecular weight excluding hydrogens is 471 g/mol. The number of rotatable bonds is 8. The zero-order valence-corrected chi connectivity index (χ0v) is 21.9. The second kappa shape index (κ2) is 10.5. The van der Waals surface area contributed by atoms with Gasteiger partial charge < -0.3 is 19.2 Å². The number of phenolic OH excluding ortho intramolecular Hbond substituents is 1. The lowest BCUT2D eigenvalue weighted by atomic mass is 10.0. The molecule has 0 saturated carbocycles. The van der Waals surface area contributed by atoms with E-state index in [1.807, 2.05) is 13.0 Å². The molecule has 0 aliphatic heterocycles. The summed E-state index contributed by atoms with van der Waals surface area (Å²) in [6, 6.07) is 6.09. The van der Waals surface area contributed by atoms with Gasteiger partial charge >= 0.3 is 6.18 Å². The van der Waals surface area contributed by atoms with E-state index in [2.05, 4.69) is 27.7 Å². The van der Waals surface area contributed by atoms with Crippen LogP contribution in [-0.2, 0) is 12.7 Å². The molecule has 0 radical (unpaired) electrons. The van der Waals surface area contributed by atoms with Crippen molar-refractivity contribution in [2.24, 2.45) is 11.8 Å². The predicted octanol–water partition coefficient (Wildman–Crippen LogP) is 5.93. The Morgan fingerprint density at radius 1 is 1.03 bits per heavy atom. The molecule has 3 aromatic rings. The summed E-state index contributed by atoms with van der Waals surface area (Å²) in [6.07, 6.45) is -4.99. The fourth-order valence-corrected chi connectivity index (χ4v) is 4.59. The quantitative estimate of drug-likeness (QED) is 0.397. The van der Waals surface area contributed by atoms with Crippen molar-refractivity contribution in [1.82, 2.24) is 0 Å². The Labute approximate surface area is 209 Å². The molecule has 0 bridgehead atoms. The van der Waals surface area contributed by atoms with Gasteiger partial charge in [-0.3, -0.25) is 4.79 Å². The molecular formula is C28H35F3NO4+. The lowest BCUT2D eigenvalue weighted by molar-refractivity contribution is -0.919. The molecule has 1 heterocycles. The van der Waals surface area contributed by atoms with E-state index in [1.165, 1.54) is 12.1 Å². The first-order valence-electron chi connectivity index (χ1n) is 12.2. The summed E-state index contributed by atoms with van der Waals surface area (Å²) in [5.74, 6) is -1.81. The van der Waals surface area contributed by atoms with E-state index in [4.69, 9.17) is 9.15 Å². The smallest absolute Gasteiger partial charge is 0.453 e. The van der Waals surface area contributed by atoms with Gasteiger partial charge in [0, 0.05) is 11.8 Å². The molecule has 0 atom stereocenters. The number of hydrogen-bond donors (Lipinski definition) is 2. The highest BCUT2D eigenvalue weighted by molar-refractivity contribution is 5.83. The van der Waals surface area contributed by atoms with Crippen molar-refractivity contribution in [2.45, 2.75) is 61.2 Å². The number of hydrogen-bond acceptors (Lipinski definition) is 4. The zero-order valence-electron chi connectivity index (χ0n) is 21.9. The van der Waals surface area contributed by atoms with Crippen LogP contribution in [0.25, 0.3) is 11.0 Å². The number of nitrogens with one attached hydrogen (secondary N) is 1. The lowest BCUT2D eigenvalue weighted by Gasteiger charge is -2.24. The van der Waals surface area contributed by atoms with Crippen LogP contribution in [0, 0.1) is 32.6 Å². The van der Waals surface area contributed by atoms with E-state index in [0.29, 0.717) is 17.4 Å². The van der Waals surface area contributed by atoms with Crippen molar-refractivity contribution in [3.8, 4) is 17.2 Å². The zero-order chi connectivity index (χ0) is 26.9. The molecule has 0 aliphatic rings. The van der Waals surface area contributed by atoms with Gasteiger partial charge in [-0.15, -0.1) is 0 Å². The van der Waals surface area contributed by atoms with Gasteiger partial charge in [-0.25, -0.2) is 0 Å². The van der Waals surface area contributed by atoms with Gasteiger partial charge in [0.2, 0.25) is 11.2 Å². The second-order valence-electron chi connectivity index (χ2n) is 10.5. The van der Waals surface area contributed by atoms with Crippen molar-refractivity contribution in [3.05, 3.63) is 62.5 Å². The van der Waals surface area contributed by atoms with Crippen molar-refractivity contribution in [3.63, 3.8) is 0 Å². The fraction of sp³-hybridized carbons (Fsp3) is 0.464. The molecule has 1 aromatic heterocycles. The Hall–Kier alpha value is -3.00. The third-order valence-corrected chi connectivity index (χ3v) is 6.15. The summed E-state index contributed by atoms with van der Waals surface area (Å²) >= 11 is 0. The molecule has 0 saturated heterocycles. The van der Waals surface area contributed by atoms with Crippen LogP contribution in [0.3, 0.4) is 0 Å². The van der Waals surface area contributed by atoms with Gasteiger partial charge in [-0.1, -0.05) is 33.8 Å². The van der Waals surface area contributed by atoms with Crippen molar-refractivity contribution >= 4 is 11.0 Å². The van der Waals surface area contributed by atoms with Gasteiger partial charge in [-0.2, -0.15) is 13.2 Å². The largest absolute Gasteiger partial charge is 0.507 e. The lowest BCUT2D eigenvalue weighted by Crippen LogP contribution is -3.11. The maximum atomic E-state index is 14.2. The summed E-state index contributed by atoms with van der Waals surface area (Å²) in [5, 5.41) is 10.6. The Kier molecular flexibility index (Phi) is 8.08. The number of alkyl halides is 3. The average molecular weight is 507 g/mol. The molecule has 0 amide bonds. The molecule has 0 spiro atoms. The van der Waals surface area contributed by atoms with Crippen molar-refractivity contribution in [2.75, 3.05) is 13.1 Å². The molecule has 0 aliphatic carbocycles. The first-order valence-corrected chi connectivity index (χ1v) is 12.2. The molecule has 8 heteroatoms. The number of aryl methyl sites for hydroxylation is 2. The van der Waals surface area contributed by atoms with Crippen LogP contribution >= 0.6 is 0 Å². The number of phenols is 1. The number of aromatic hydroxyl groups is 1. The van der Waals surface area contributed by atoms with Gasteiger partial charge in [0.05, 0.1) is 24.0 Å². The van der Waals surface area contributed by atoms with Crippen molar-refractivity contribution < 1.29 is 32.3 Å². The van der Waals surface area contributed by atoms with Crippen LogP contribution in [0.4, 0.5) is 13.2 Å². The second-order valence-corrected chi connectivity index (χ2v) is 10.5. The molecule has 3 rings (SSSR count). The Morgan fingerprint density at radius 3 is 2.19 bits per heavy atom. The molecule has 36 heavy (non-hydrogen) atoms. The first kappa shape index (κ1) is 27.6. The highest BCUT2D eigenvalue weighted by atomic mass is 19.4. The third kappa shape index (κ3) is 6.03. The van der Waals surface area contributed by atoms with Gasteiger partial charge in [0.25, 0.3) is 5.76 Å². The summed E-state index contributed by atoms with van der Waals surface area (Å²) in [6.45, 7) is 15.3. The van der Waals surface area contributed by atoms with Gasteiger partial charge in [0.15, 0.2) is 5.58 Å². The van der Waals surface area contributed by atoms with Gasteiger partial charge in [-0.05, 0) is 55.7 Å². The van der Waals surface area contributed by atoms with Crippen LogP contribution in [-0.4, -0.2) is 18.2 Å². The minimum absolute atomic E-state index is 0.0683.